The largest absolute Gasteiger partial charge is 0.416 e. The van der Waals surface area contributed by atoms with Gasteiger partial charge in [0.05, 0.1) is 22.5 Å². The van der Waals surface area contributed by atoms with Gasteiger partial charge in [-0.15, -0.1) is 0 Å². The Kier molecular flexibility index (Phi) is 4.98. The average Bonchev–Trinajstić information content (AvgIpc) is 2.68. The van der Waals surface area contributed by atoms with Crippen molar-refractivity contribution in [2.45, 2.75) is 38.8 Å². The predicted octanol–water partition coefficient (Wildman–Crippen LogP) is 5.36. The first-order valence-corrected chi connectivity index (χ1v) is 9.35. The van der Waals surface area contributed by atoms with Gasteiger partial charge in [-0.05, 0) is 51.0 Å². The Morgan fingerprint density at radius 2 is 1.66 bits per heavy atom. The van der Waals surface area contributed by atoms with Gasteiger partial charge in [-0.3, -0.25) is 0 Å². The highest BCUT2D eigenvalue weighted by molar-refractivity contribution is 5.89. The third-order valence-electron chi connectivity index (χ3n) is 5.27. The van der Waals surface area contributed by atoms with Crippen LogP contribution in [0, 0.1) is 19.7 Å². The molecule has 8 heteroatoms. The van der Waals surface area contributed by atoms with Crippen molar-refractivity contribution in [3.63, 3.8) is 0 Å². The molecule has 1 saturated heterocycles. The summed E-state index contributed by atoms with van der Waals surface area (Å²) >= 11 is 0. The lowest BCUT2D eigenvalue weighted by molar-refractivity contribution is -0.137. The van der Waals surface area contributed by atoms with Crippen molar-refractivity contribution in [2.24, 2.45) is 0 Å². The highest BCUT2D eigenvalue weighted by atomic mass is 19.4. The molecule has 3 aromatic rings. The summed E-state index contributed by atoms with van der Waals surface area (Å²) in [7, 11) is 0. The van der Waals surface area contributed by atoms with Crippen molar-refractivity contribution in [2.75, 3.05) is 13.2 Å². The number of hydrogen-bond acceptors (Lipinski definition) is 4. The van der Waals surface area contributed by atoms with E-state index < -0.39 is 17.6 Å². The van der Waals surface area contributed by atoms with Gasteiger partial charge < -0.3 is 4.74 Å². The molecule has 1 aliphatic rings. The third kappa shape index (κ3) is 3.81. The van der Waals surface area contributed by atoms with Gasteiger partial charge in [0.2, 0.25) is 0 Å². The zero-order chi connectivity index (χ0) is 20.8. The number of aromatic nitrogens is 3. The van der Waals surface area contributed by atoms with E-state index in [4.69, 9.17) is 4.74 Å². The Hall–Kier alpha value is -2.61. The van der Waals surface area contributed by atoms with Gasteiger partial charge in [0, 0.05) is 30.4 Å². The predicted molar refractivity (Wildman–Crippen MR) is 100.0 cm³/mol. The maximum atomic E-state index is 14.7. The van der Waals surface area contributed by atoms with E-state index in [0.717, 1.165) is 36.4 Å². The number of ether oxygens (including phenoxy) is 1. The molecule has 29 heavy (non-hydrogen) atoms. The molecule has 4 rings (SSSR count). The molecule has 1 aliphatic heterocycles. The fourth-order valence-corrected chi connectivity index (χ4v) is 3.52. The summed E-state index contributed by atoms with van der Waals surface area (Å²) in [4.78, 5) is 13.7. The molecule has 0 N–H and O–H groups in total. The maximum absolute atomic E-state index is 14.7. The molecular weight excluding hydrogens is 386 g/mol. The Bertz CT molecular complexity index is 1080. The lowest BCUT2D eigenvalue weighted by Crippen LogP contribution is -2.16. The van der Waals surface area contributed by atoms with E-state index in [2.05, 4.69) is 15.0 Å². The molecule has 0 aliphatic carbocycles. The van der Waals surface area contributed by atoms with Crippen LogP contribution in [0.2, 0.25) is 0 Å². The molecule has 1 aromatic carbocycles. The minimum absolute atomic E-state index is 0.0190. The van der Waals surface area contributed by atoms with E-state index >= 15 is 0 Å². The SMILES string of the molecule is Cc1nc2cc(C3CCOCC3)nc(-c3ccc(C(F)(F)F)cc3F)c2nc1C. The summed E-state index contributed by atoms with van der Waals surface area (Å²) in [5.74, 6) is -0.870. The van der Waals surface area contributed by atoms with Gasteiger partial charge in [-0.25, -0.2) is 19.3 Å². The lowest BCUT2D eigenvalue weighted by atomic mass is 9.94. The highest BCUT2D eigenvalue weighted by Gasteiger charge is 2.32. The molecule has 2 aromatic heterocycles. The molecule has 0 bridgehead atoms. The summed E-state index contributed by atoms with van der Waals surface area (Å²) in [6.07, 6.45) is -3.08. The normalized spacial score (nSPS) is 15.8. The first-order valence-electron chi connectivity index (χ1n) is 9.35. The van der Waals surface area contributed by atoms with E-state index in [9.17, 15) is 17.6 Å². The molecule has 0 saturated carbocycles. The molecule has 0 radical (unpaired) electrons. The molecule has 0 atom stereocenters. The maximum Gasteiger partial charge on any atom is 0.416 e. The summed E-state index contributed by atoms with van der Waals surface area (Å²) in [5, 5.41) is 0. The van der Waals surface area contributed by atoms with E-state index in [1.807, 2.05) is 13.0 Å². The Morgan fingerprint density at radius 1 is 0.966 bits per heavy atom. The molecule has 4 nitrogen and oxygen atoms in total. The number of fused-ring (bicyclic) bond motifs is 1. The van der Waals surface area contributed by atoms with Crippen molar-refractivity contribution in [1.82, 2.24) is 15.0 Å². The van der Waals surface area contributed by atoms with Crippen LogP contribution in [0.4, 0.5) is 17.6 Å². The van der Waals surface area contributed by atoms with Crippen molar-refractivity contribution in [1.29, 1.82) is 0 Å². The van der Waals surface area contributed by atoms with Gasteiger partial charge >= 0.3 is 6.18 Å². The number of benzene rings is 1. The van der Waals surface area contributed by atoms with Gasteiger partial charge in [0.15, 0.2) is 0 Å². The number of pyridine rings is 1. The zero-order valence-electron chi connectivity index (χ0n) is 16.0. The van der Waals surface area contributed by atoms with Crippen molar-refractivity contribution in [3.8, 4) is 11.3 Å². The van der Waals surface area contributed by atoms with Gasteiger partial charge in [0.25, 0.3) is 0 Å². The van der Waals surface area contributed by atoms with Gasteiger partial charge in [0.1, 0.15) is 17.0 Å². The van der Waals surface area contributed by atoms with Crippen molar-refractivity contribution >= 4 is 11.0 Å². The van der Waals surface area contributed by atoms with Crippen molar-refractivity contribution < 1.29 is 22.3 Å². The molecule has 0 amide bonds. The molecular formula is C21H19F4N3O. The fourth-order valence-electron chi connectivity index (χ4n) is 3.52. The second-order valence-electron chi connectivity index (χ2n) is 7.24. The number of rotatable bonds is 2. The molecule has 3 heterocycles. The lowest BCUT2D eigenvalue weighted by Gasteiger charge is -2.22. The van der Waals surface area contributed by atoms with Crippen LogP contribution >= 0.6 is 0 Å². The highest BCUT2D eigenvalue weighted by Crippen LogP contribution is 2.36. The molecule has 0 spiro atoms. The summed E-state index contributed by atoms with van der Waals surface area (Å²) < 4.78 is 59.0. The average molecular weight is 405 g/mol. The Morgan fingerprint density at radius 3 is 2.31 bits per heavy atom. The first-order chi connectivity index (χ1) is 13.7. The topological polar surface area (TPSA) is 47.9 Å². The zero-order valence-corrected chi connectivity index (χ0v) is 16.0. The van der Waals surface area contributed by atoms with Gasteiger partial charge in [-0.1, -0.05) is 0 Å². The fraction of sp³-hybridized carbons (Fsp3) is 0.381. The van der Waals surface area contributed by atoms with Crippen molar-refractivity contribution in [3.05, 3.63) is 52.7 Å². The van der Waals surface area contributed by atoms with Crippen LogP contribution in [0.15, 0.2) is 24.3 Å². The Balaban J connectivity index is 1.93. The minimum Gasteiger partial charge on any atom is -0.381 e. The first kappa shape index (κ1) is 19.7. The van der Waals surface area contributed by atoms with Gasteiger partial charge in [-0.2, -0.15) is 13.2 Å². The van der Waals surface area contributed by atoms with Crippen LogP contribution in [-0.2, 0) is 10.9 Å². The van der Waals surface area contributed by atoms with Crippen LogP contribution in [-0.4, -0.2) is 28.2 Å². The monoisotopic (exact) mass is 405 g/mol. The van der Waals surface area contributed by atoms with Crippen LogP contribution in [0.25, 0.3) is 22.3 Å². The number of hydrogen-bond donors (Lipinski definition) is 0. The smallest absolute Gasteiger partial charge is 0.381 e. The minimum atomic E-state index is -4.62. The van der Waals surface area contributed by atoms with Crippen LogP contribution < -0.4 is 0 Å². The number of halogens is 4. The molecule has 0 unspecified atom stereocenters. The van der Waals surface area contributed by atoms with E-state index in [-0.39, 0.29) is 17.2 Å². The summed E-state index contributed by atoms with van der Waals surface area (Å²) in [6, 6.07) is 4.32. The Labute approximate surface area is 165 Å². The molecule has 152 valence electrons. The number of alkyl halides is 3. The molecule has 1 fully saturated rings. The standard InChI is InChI=1S/C21H19F4N3O/c1-11-12(2)27-20-18(26-11)10-17(13-5-7-29-8-6-13)28-19(20)15-4-3-14(9-16(15)22)21(23,24)25/h3-4,9-10,13H,5-8H2,1-2H3. The third-order valence-corrected chi connectivity index (χ3v) is 5.27. The van der Waals surface area contributed by atoms with Crippen LogP contribution in [0.3, 0.4) is 0 Å². The second-order valence-corrected chi connectivity index (χ2v) is 7.24. The van der Waals surface area contributed by atoms with Crippen LogP contribution in [0.1, 0.15) is 41.4 Å². The van der Waals surface area contributed by atoms with E-state index in [0.29, 0.717) is 36.0 Å². The van der Waals surface area contributed by atoms with Crippen LogP contribution in [0.5, 0.6) is 0 Å². The summed E-state index contributed by atoms with van der Waals surface area (Å²) in [6.45, 7) is 4.82. The van der Waals surface area contributed by atoms with E-state index in [1.54, 1.807) is 6.92 Å². The quantitative estimate of drug-likeness (QED) is 0.539. The number of aryl methyl sites for hydroxylation is 2. The summed E-state index contributed by atoms with van der Waals surface area (Å²) in [5.41, 5.74) is 2.21. The second kappa shape index (κ2) is 7.33. The number of nitrogens with zero attached hydrogens (tertiary/aromatic N) is 3. The van der Waals surface area contributed by atoms with E-state index in [1.165, 1.54) is 0 Å².